The Balaban J connectivity index is 2.27. The lowest BCUT2D eigenvalue weighted by Crippen LogP contribution is -2.40. The van der Waals surface area contributed by atoms with Crippen molar-refractivity contribution in [1.82, 2.24) is 4.90 Å². The van der Waals surface area contributed by atoms with E-state index in [4.69, 9.17) is 0 Å². The maximum atomic E-state index is 13.7. The number of aromatic hydroxyl groups is 1. The molecule has 1 heterocycles. The van der Waals surface area contributed by atoms with E-state index < -0.39 is 28.9 Å². The first kappa shape index (κ1) is 13.8. The van der Waals surface area contributed by atoms with Crippen molar-refractivity contribution in [2.45, 2.75) is 26.2 Å². The molecule has 1 atom stereocenters. The van der Waals surface area contributed by atoms with Crippen molar-refractivity contribution in [2.75, 3.05) is 13.1 Å². The second-order valence-corrected chi connectivity index (χ2v) is 4.92. The predicted molar refractivity (Wildman–Crippen MR) is 66.9 cm³/mol. The van der Waals surface area contributed by atoms with Crippen molar-refractivity contribution in [3.8, 4) is 5.75 Å². The van der Waals surface area contributed by atoms with Gasteiger partial charge in [-0.05, 0) is 30.9 Å². The Hall–Kier alpha value is -1.65. The lowest BCUT2D eigenvalue weighted by atomic mass is 9.95. The van der Waals surface area contributed by atoms with Gasteiger partial charge in [-0.3, -0.25) is 4.79 Å². The normalized spacial score (nSPS) is 19.5. The van der Waals surface area contributed by atoms with E-state index in [0.717, 1.165) is 31.4 Å². The van der Waals surface area contributed by atoms with Crippen molar-refractivity contribution in [2.24, 2.45) is 5.92 Å². The maximum absolute atomic E-state index is 13.7. The zero-order valence-corrected chi connectivity index (χ0v) is 10.8. The molecule has 0 saturated carbocycles. The molecule has 0 bridgehead atoms. The number of amides is 1. The Kier molecular flexibility index (Phi) is 4.02. The lowest BCUT2D eigenvalue weighted by Gasteiger charge is -2.32. The van der Waals surface area contributed by atoms with Crippen LogP contribution < -0.4 is 0 Å². The van der Waals surface area contributed by atoms with Gasteiger partial charge in [0.15, 0.2) is 11.6 Å². The summed E-state index contributed by atoms with van der Waals surface area (Å²) in [6.07, 6.45) is 2.81. The second kappa shape index (κ2) is 5.55. The Morgan fingerprint density at radius 2 is 2.21 bits per heavy atom. The van der Waals surface area contributed by atoms with Crippen LogP contribution in [0.25, 0.3) is 0 Å². The Bertz CT molecular complexity index is 491. The van der Waals surface area contributed by atoms with E-state index in [0.29, 0.717) is 19.0 Å². The van der Waals surface area contributed by atoms with Gasteiger partial charge < -0.3 is 10.0 Å². The fourth-order valence-corrected chi connectivity index (χ4v) is 2.48. The van der Waals surface area contributed by atoms with Crippen LogP contribution in [0.5, 0.6) is 5.75 Å². The van der Waals surface area contributed by atoms with Gasteiger partial charge in [0, 0.05) is 13.1 Å². The SMILES string of the molecule is CCC1CCCN(C(=O)c2c(F)ccc(O)c2F)C1. The summed E-state index contributed by atoms with van der Waals surface area (Å²) in [4.78, 5) is 13.7. The number of nitrogens with zero attached hydrogens (tertiary/aromatic N) is 1. The second-order valence-electron chi connectivity index (χ2n) is 4.92. The largest absolute Gasteiger partial charge is 0.505 e. The number of halogens is 2. The summed E-state index contributed by atoms with van der Waals surface area (Å²) in [6.45, 7) is 3.06. The fraction of sp³-hybridized carbons (Fsp3) is 0.500. The maximum Gasteiger partial charge on any atom is 0.259 e. The van der Waals surface area contributed by atoms with Gasteiger partial charge in [-0.15, -0.1) is 0 Å². The highest BCUT2D eigenvalue weighted by molar-refractivity contribution is 5.95. The van der Waals surface area contributed by atoms with Gasteiger partial charge in [0.2, 0.25) is 0 Å². The molecule has 3 nitrogen and oxygen atoms in total. The molecule has 0 spiro atoms. The van der Waals surface area contributed by atoms with Crippen LogP contribution in [-0.2, 0) is 0 Å². The summed E-state index contributed by atoms with van der Waals surface area (Å²) < 4.78 is 27.3. The molecular formula is C14H17F2NO2. The van der Waals surface area contributed by atoms with Crippen LogP contribution >= 0.6 is 0 Å². The molecular weight excluding hydrogens is 252 g/mol. The summed E-state index contributed by atoms with van der Waals surface area (Å²) >= 11 is 0. The molecule has 1 aliphatic heterocycles. The monoisotopic (exact) mass is 269 g/mol. The van der Waals surface area contributed by atoms with Gasteiger partial charge in [-0.1, -0.05) is 13.3 Å². The molecule has 1 unspecified atom stereocenters. The van der Waals surface area contributed by atoms with Gasteiger partial charge in [-0.25, -0.2) is 8.78 Å². The van der Waals surface area contributed by atoms with Crippen LogP contribution in [0.4, 0.5) is 8.78 Å². The van der Waals surface area contributed by atoms with E-state index in [2.05, 4.69) is 0 Å². The average Bonchev–Trinajstić information content (AvgIpc) is 2.43. The molecule has 1 saturated heterocycles. The summed E-state index contributed by atoms with van der Waals surface area (Å²) in [7, 11) is 0. The summed E-state index contributed by atoms with van der Waals surface area (Å²) in [5, 5.41) is 9.26. The Morgan fingerprint density at radius 1 is 1.47 bits per heavy atom. The summed E-state index contributed by atoms with van der Waals surface area (Å²) in [6, 6.07) is 1.82. The first-order valence-electron chi connectivity index (χ1n) is 6.50. The number of benzene rings is 1. The van der Waals surface area contributed by atoms with Crippen LogP contribution in [-0.4, -0.2) is 29.0 Å². The molecule has 0 radical (unpaired) electrons. The van der Waals surface area contributed by atoms with E-state index in [-0.39, 0.29) is 0 Å². The van der Waals surface area contributed by atoms with Crippen LogP contribution in [0.2, 0.25) is 0 Å². The van der Waals surface area contributed by atoms with Crippen molar-refractivity contribution in [3.63, 3.8) is 0 Å². The molecule has 0 aliphatic carbocycles. The highest BCUT2D eigenvalue weighted by Gasteiger charge is 2.28. The van der Waals surface area contributed by atoms with E-state index in [1.165, 1.54) is 4.90 Å². The number of rotatable bonds is 2. The molecule has 104 valence electrons. The van der Waals surface area contributed by atoms with Gasteiger partial charge in [0.05, 0.1) is 0 Å². The molecule has 1 aromatic carbocycles. The van der Waals surface area contributed by atoms with Gasteiger partial charge in [0.1, 0.15) is 11.4 Å². The molecule has 1 aromatic rings. The number of piperidine rings is 1. The molecule has 1 aliphatic rings. The summed E-state index contributed by atoms with van der Waals surface area (Å²) in [5.74, 6) is -3.11. The van der Waals surface area contributed by atoms with Crippen molar-refractivity contribution >= 4 is 5.91 Å². The number of phenolic OH excluding ortho intramolecular Hbond substituents is 1. The highest BCUT2D eigenvalue weighted by atomic mass is 19.1. The van der Waals surface area contributed by atoms with Gasteiger partial charge in [0.25, 0.3) is 5.91 Å². The standard InChI is InChI=1S/C14H17F2NO2/c1-2-9-4-3-7-17(8-9)14(19)12-10(15)5-6-11(18)13(12)16/h5-6,9,18H,2-4,7-8H2,1H3. The number of carbonyl (C=O) groups is 1. The molecule has 1 N–H and O–H groups in total. The fourth-order valence-electron chi connectivity index (χ4n) is 2.48. The zero-order chi connectivity index (χ0) is 14.0. The molecule has 19 heavy (non-hydrogen) atoms. The predicted octanol–water partition coefficient (Wildman–Crippen LogP) is 2.93. The van der Waals surface area contributed by atoms with Crippen LogP contribution in [0, 0.1) is 17.6 Å². The topological polar surface area (TPSA) is 40.5 Å². The summed E-state index contributed by atoms with van der Waals surface area (Å²) in [5.41, 5.74) is -0.656. The molecule has 1 fully saturated rings. The molecule has 1 amide bonds. The number of hydrogen-bond donors (Lipinski definition) is 1. The number of likely N-dealkylation sites (tertiary alicyclic amines) is 1. The Morgan fingerprint density at radius 3 is 2.89 bits per heavy atom. The van der Waals surface area contributed by atoms with Crippen LogP contribution in [0.3, 0.4) is 0 Å². The first-order chi connectivity index (χ1) is 9.04. The van der Waals surface area contributed by atoms with E-state index in [1.807, 2.05) is 6.92 Å². The van der Waals surface area contributed by atoms with Crippen LogP contribution in [0.1, 0.15) is 36.5 Å². The molecule has 2 rings (SSSR count). The van der Waals surface area contributed by atoms with Gasteiger partial charge in [-0.2, -0.15) is 0 Å². The average molecular weight is 269 g/mol. The lowest BCUT2D eigenvalue weighted by molar-refractivity contribution is 0.0660. The smallest absolute Gasteiger partial charge is 0.259 e. The minimum atomic E-state index is -1.18. The van der Waals surface area contributed by atoms with E-state index in [1.54, 1.807) is 0 Å². The quantitative estimate of drug-likeness (QED) is 0.896. The van der Waals surface area contributed by atoms with Crippen molar-refractivity contribution in [1.29, 1.82) is 0 Å². The number of carbonyl (C=O) groups excluding carboxylic acids is 1. The third-order valence-electron chi connectivity index (χ3n) is 3.67. The number of hydrogen-bond acceptors (Lipinski definition) is 2. The zero-order valence-electron chi connectivity index (χ0n) is 10.8. The van der Waals surface area contributed by atoms with E-state index in [9.17, 15) is 18.7 Å². The third kappa shape index (κ3) is 2.69. The van der Waals surface area contributed by atoms with Crippen LogP contribution in [0.15, 0.2) is 12.1 Å². The van der Waals surface area contributed by atoms with Crippen molar-refractivity contribution < 1.29 is 18.7 Å². The minimum absolute atomic E-state index is 0.376. The Labute approximate surface area is 110 Å². The highest BCUT2D eigenvalue weighted by Crippen LogP contribution is 2.26. The minimum Gasteiger partial charge on any atom is -0.505 e. The van der Waals surface area contributed by atoms with E-state index >= 15 is 0 Å². The molecule has 0 aromatic heterocycles. The first-order valence-corrected chi connectivity index (χ1v) is 6.50. The number of phenols is 1. The van der Waals surface area contributed by atoms with Crippen molar-refractivity contribution in [3.05, 3.63) is 29.3 Å². The molecule has 5 heteroatoms. The third-order valence-corrected chi connectivity index (χ3v) is 3.67. The van der Waals surface area contributed by atoms with Gasteiger partial charge >= 0.3 is 0 Å².